The Labute approximate surface area is 448 Å². The van der Waals surface area contributed by atoms with E-state index in [2.05, 4.69) is 25.1 Å². The number of aromatic nitrogens is 8. The van der Waals surface area contributed by atoms with E-state index in [1.54, 1.807) is 14.0 Å². The highest BCUT2D eigenvalue weighted by molar-refractivity contribution is 7.91. The first-order valence-corrected chi connectivity index (χ1v) is 26.5. The standard InChI is InChI=1S/C21H19Cl2F3N4O6S.C15H15ClF2N2O5S.C7H8Cl2N2O/c1-10-15(22)17(29(2)28-10)20(32)36-19-12(7-27-30(19)3)18(31)11-5-6-14(37(4,33)34)13(16(11)23)8-35-9-21(24,25)26;1-20-15(22)9(5-19-20)14(21)8-3-4-11(26(2,23)24)10(13(8)16)6-25-7-12(17)18;1-3-4-5(8)6(7(9)12)11(2)10-4/h5-7H,8-9H2,1-4H3;3-5,12,19H,6-7H2,1-2H3;3H2,1-2H3. The number of carbonyl (C=O) groups excluding carboxylic acids is 4. The molecule has 4 heterocycles. The largest absolute Gasteiger partial charge is 0.411 e. The maximum atomic E-state index is 13.4. The lowest BCUT2D eigenvalue weighted by atomic mass is 10.0. The van der Waals surface area contributed by atoms with Crippen molar-refractivity contribution in [2.24, 2.45) is 28.2 Å². The lowest BCUT2D eigenvalue weighted by Crippen LogP contribution is -2.20. The summed E-state index contributed by atoms with van der Waals surface area (Å²) in [5, 5.41) is 13.6. The number of aromatic amines is 1. The molecule has 0 unspecified atom stereocenters. The summed E-state index contributed by atoms with van der Waals surface area (Å²) in [5.41, 5.74) is -0.637. The van der Waals surface area contributed by atoms with Gasteiger partial charge in [0.2, 0.25) is 17.4 Å². The SMILES string of the molecule is CCc1nn(C)c(C(=O)Cl)c1Cl.Cc1nn(C)c(C(=O)Oc2c(C(=O)c3ccc(S(C)(=O)=O)c(COCC(F)(F)F)c3Cl)cnn2C)c1Cl.Cn1[nH]cc(C(=O)c2ccc(S(C)(=O)=O)c(COCC(F)F)c2Cl)c1=O. The number of ether oxygens (including phenoxy) is 3. The fraction of sp³-hybridized carbons (Fsp3) is 0.349. The van der Waals surface area contributed by atoms with Crippen molar-refractivity contribution in [2.45, 2.75) is 55.9 Å². The molecule has 0 amide bonds. The third-order valence-corrected chi connectivity index (χ3v) is 14.4. The van der Waals surface area contributed by atoms with Gasteiger partial charge in [-0.2, -0.15) is 28.5 Å². The number of halogens is 10. The summed E-state index contributed by atoms with van der Waals surface area (Å²) >= 11 is 29.7. The predicted molar refractivity (Wildman–Crippen MR) is 262 cm³/mol. The Morgan fingerprint density at radius 2 is 1.24 bits per heavy atom. The van der Waals surface area contributed by atoms with E-state index in [1.807, 2.05) is 6.92 Å². The second kappa shape index (κ2) is 25.1. The Bertz CT molecular complexity index is 3460. The molecule has 32 heteroatoms. The van der Waals surface area contributed by atoms with Crippen molar-refractivity contribution in [1.82, 2.24) is 39.1 Å². The molecule has 0 bridgehead atoms. The predicted octanol–water partition coefficient (Wildman–Crippen LogP) is 7.50. The highest BCUT2D eigenvalue weighted by Crippen LogP contribution is 2.34. The minimum absolute atomic E-state index is 0.0467. The van der Waals surface area contributed by atoms with Crippen molar-refractivity contribution < 1.29 is 72.2 Å². The number of nitrogens with zero attached hydrogens (tertiary/aromatic N) is 7. The number of hydrogen-bond donors (Lipinski definition) is 1. The Morgan fingerprint density at radius 3 is 1.64 bits per heavy atom. The number of alkyl halides is 5. The van der Waals surface area contributed by atoms with Crippen LogP contribution in [0.1, 0.15) is 82.3 Å². The molecule has 0 aliphatic carbocycles. The summed E-state index contributed by atoms with van der Waals surface area (Å²) in [5.74, 6) is -2.80. The molecule has 6 rings (SSSR count). The van der Waals surface area contributed by atoms with Gasteiger partial charge in [0.25, 0.3) is 17.2 Å². The normalized spacial score (nSPS) is 11.8. The molecule has 408 valence electrons. The van der Waals surface area contributed by atoms with Gasteiger partial charge in [-0.1, -0.05) is 53.3 Å². The number of ketones is 2. The third kappa shape index (κ3) is 15.1. The van der Waals surface area contributed by atoms with Crippen LogP contribution in [0.4, 0.5) is 22.0 Å². The molecule has 0 saturated carbocycles. The quantitative estimate of drug-likeness (QED) is 0.0401. The average molecular weight is 1200 g/mol. The molecule has 0 fully saturated rings. The second-order valence-electron chi connectivity index (χ2n) is 15.7. The minimum Gasteiger partial charge on any atom is -0.402 e. The number of esters is 1. The lowest BCUT2D eigenvalue weighted by molar-refractivity contribution is -0.176. The molecule has 1 N–H and O–H groups in total. The van der Waals surface area contributed by atoms with Crippen molar-refractivity contribution in [3.8, 4) is 5.88 Å². The van der Waals surface area contributed by atoms with Crippen molar-refractivity contribution >= 4 is 100 Å². The van der Waals surface area contributed by atoms with E-state index < -0.39 is 97.0 Å². The Kier molecular flexibility index (Phi) is 20.7. The molecule has 0 spiro atoms. The molecule has 20 nitrogen and oxygen atoms in total. The van der Waals surface area contributed by atoms with Gasteiger partial charge in [0, 0.05) is 69.2 Å². The molecule has 4 aromatic heterocycles. The van der Waals surface area contributed by atoms with Gasteiger partial charge >= 0.3 is 12.1 Å². The zero-order chi connectivity index (χ0) is 56.8. The zero-order valence-electron chi connectivity index (χ0n) is 40.2. The first kappa shape index (κ1) is 62.0. The summed E-state index contributed by atoms with van der Waals surface area (Å²) in [6, 6.07) is 4.42. The lowest BCUT2D eigenvalue weighted by Gasteiger charge is -2.15. The minimum atomic E-state index is -4.67. The summed E-state index contributed by atoms with van der Waals surface area (Å²) in [6.07, 6.45) is -2.70. The van der Waals surface area contributed by atoms with Crippen LogP contribution < -0.4 is 10.3 Å². The van der Waals surface area contributed by atoms with Gasteiger partial charge in [-0.05, 0) is 49.2 Å². The van der Waals surface area contributed by atoms with E-state index in [4.69, 9.17) is 67.5 Å². The molecule has 0 saturated heterocycles. The summed E-state index contributed by atoms with van der Waals surface area (Å²) in [6.45, 7) is -0.459. The second-order valence-corrected chi connectivity index (χ2v) is 21.5. The third-order valence-electron chi connectivity index (χ3n) is 10.1. The van der Waals surface area contributed by atoms with Crippen LogP contribution in [-0.2, 0) is 77.0 Å². The highest BCUT2D eigenvalue weighted by Gasteiger charge is 2.32. The van der Waals surface area contributed by atoms with Crippen LogP contribution in [0.2, 0.25) is 20.1 Å². The number of aryl methyl sites for hydroxylation is 6. The molecule has 0 radical (unpaired) electrons. The number of hydrogen-bond acceptors (Lipinski definition) is 15. The van der Waals surface area contributed by atoms with Gasteiger partial charge in [0.05, 0.1) is 60.7 Å². The van der Waals surface area contributed by atoms with Crippen LogP contribution >= 0.6 is 58.0 Å². The maximum Gasteiger partial charge on any atom is 0.411 e. The van der Waals surface area contributed by atoms with Gasteiger partial charge in [0.15, 0.2) is 25.4 Å². The Hall–Kier alpha value is -5.52. The molecular formula is C43H42Cl5F5N8O12S2. The monoisotopic (exact) mass is 1200 g/mol. The smallest absolute Gasteiger partial charge is 0.402 e. The molecular weight excluding hydrogens is 1160 g/mol. The van der Waals surface area contributed by atoms with Gasteiger partial charge in [0.1, 0.15) is 30.0 Å². The van der Waals surface area contributed by atoms with Gasteiger partial charge in [-0.25, -0.2) is 35.1 Å². The summed E-state index contributed by atoms with van der Waals surface area (Å²) in [7, 11) is -1.79. The first-order chi connectivity index (χ1) is 34.6. The zero-order valence-corrected chi connectivity index (χ0v) is 45.6. The number of carbonyl (C=O) groups is 4. The van der Waals surface area contributed by atoms with Crippen molar-refractivity contribution in [3.05, 3.63) is 123 Å². The van der Waals surface area contributed by atoms with E-state index in [1.165, 1.54) is 42.8 Å². The van der Waals surface area contributed by atoms with Crippen molar-refractivity contribution in [1.29, 1.82) is 0 Å². The number of H-pyrrole nitrogens is 1. The molecule has 0 atom stereocenters. The Morgan fingerprint density at radius 1 is 0.733 bits per heavy atom. The van der Waals surface area contributed by atoms with E-state index in [9.17, 15) is 62.8 Å². The highest BCUT2D eigenvalue weighted by atomic mass is 35.5. The fourth-order valence-electron chi connectivity index (χ4n) is 6.64. The van der Waals surface area contributed by atoms with Crippen LogP contribution in [0.25, 0.3) is 0 Å². The molecule has 0 aliphatic heterocycles. The topological polar surface area (TPSA) is 255 Å². The van der Waals surface area contributed by atoms with Gasteiger partial charge in [-0.3, -0.25) is 33.2 Å². The van der Waals surface area contributed by atoms with E-state index >= 15 is 0 Å². The molecule has 0 aliphatic rings. The number of benzene rings is 2. The maximum absolute atomic E-state index is 13.4. The Balaban J connectivity index is 0.000000276. The first-order valence-electron chi connectivity index (χ1n) is 20.9. The van der Waals surface area contributed by atoms with E-state index in [0.717, 1.165) is 46.3 Å². The number of nitrogens with one attached hydrogen (secondary N) is 1. The van der Waals surface area contributed by atoms with Crippen LogP contribution in [0, 0.1) is 6.92 Å². The number of sulfone groups is 2. The molecule has 75 heavy (non-hydrogen) atoms. The van der Waals surface area contributed by atoms with E-state index in [-0.39, 0.29) is 65.6 Å². The molecule has 2 aromatic carbocycles. The number of rotatable bonds is 17. The summed E-state index contributed by atoms with van der Waals surface area (Å²) < 4.78 is 130. The van der Waals surface area contributed by atoms with Crippen molar-refractivity contribution in [3.63, 3.8) is 0 Å². The van der Waals surface area contributed by atoms with Crippen LogP contribution in [0.15, 0.2) is 51.2 Å². The van der Waals surface area contributed by atoms with Crippen LogP contribution in [0.3, 0.4) is 0 Å². The average Bonchev–Trinajstić information content (AvgIpc) is 4.00. The van der Waals surface area contributed by atoms with Gasteiger partial charge in [-0.15, -0.1) is 0 Å². The van der Waals surface area contributed by atoms with Crippen molar-refractivity contribution in [2.75, 3.05) is 25.7 Å². The fourth-order valence-corrected chi connectivity index (χ4v) is 10.1. The van der Waals surface area contributed by atoms with Crippen LogP contribution in [0.5, 0.6) is 5.88 Å². The molecule has 6 aromatic rings. The summed E-state index contributed by atoms with van der Waals surface area (Å²) in [4.78, 5) is 60.8. The van der Waals surface area contributed by atoms with Crippen LogP contribution in [-0.4, -0.2) is 117 Å². The van der Waals surface area contributed by atoms with Gasteiger partial charge < -0.3 is 19.3 Å². The van der Waals surface area contributed by atoms with E-state index in [0.29, 0.717) is 22.8 Å².